The number of terminal acetylenes is 2. The second kappa shape index (κ2) is 51.0. The third-order valence-corrected chi connectivity index (χ3v) is 17.5. The van der Waals surface area contributed by atoms with Gasteiger partial charge in [-0.2, -0.15) is 0 Å². The van der Waals surface area contributed by atoms with Crippen molar-refractivity contribution in [3.8, 4) is 24.3 Å². The molecule has 16 heteroatoms. The Balaban J connectivity index is -0.000000964. The van der Waals surface area contributed by atoms with E-state index in [1.165, 1.54) is 56.1 Å². The van der Waals surface area contributed by atoms with Gasteiger partial charge in [-0.1, -0.05) is 255 Å². The molecule has 0 unspecified atom stereocenters. The summed E-state index contributed by atoms with van der Waals surface area (Å²) in [6.45, 7) is 10.4. The summed E-state index contributed by atoms with van der Waals surface area (Å²) in [5.74, 6) is -0.297. The molecule has 0 aliphatic carbocycles. The summed E-state index contributed by atoms with van der Waals surface area (Å²) in [4.78, 5) is 11.2. The van der Waals surface area contributed by atoms with Crippen LogP contribution in [0.25, 0.3) is 0 Å². The number of benzene rings is 8. The Bertz CT molecular complexity index is 2670. The summed E-state index contributed by atoms with van der Waals surface area (Å²) < 4.78 is 52.5. The van der Waals surface area contributed by atoms with Crippen molar-refractivity contribution < 1.29 is 153 Å². The van der Waals surface area contributed by atoms with Crippen molar-refractivity contribution >= 4 is 97.2 Å². The molecule has 0 saturated heterocycles. The van der Waals surface area contributed by atoms with Gasteiger partial charge in [-0.3, -0.25) is 4.79 Å². The van der Waals surface area contributed by atoms with Crippen LogP contribution in [0.15, 0.2) is 211 Å². The molecule has 83 heavy (non-hydrogen) atoms. The first-order chi connectivity index (χ1) is 38.6. The van der Waals surface area contributed by atoms with Crippen molar-refractivity contribution in [2.75, 3.05) is 0 Å². The van der Waals surface area contributed by atoms with Crippen LogP contribution < -0.4 is 140 Å². The summed E-state index contributed by atoms with van der Waals surface area (Å²) in [5, 5.41) is 16.8. The predicted octanol–water partition coefficient (Wildman–Crippen LogP) is 11.1. The topological polar surface area (TPSA) is 49.4 Å². The second-order valence-electron chi connectivity index (χ2n) is 18.2. The van der Waals surface area contributed by atoms with Crippen molar-refractivity contribution in [2.45, 2.75) is 92.3 Å². The van der Waals surface area contributed by atoms with Gasteiger partial charge in [0.15, 0.2) is 0 Å². The van der Waals surface area contributed by atoms with E-state index < -0.39 is 47.2 Å². The minimum absolute atomic E-state index is 0. The van der Waals surface area contributed by atoms with Crippen LogP contribution in [0.3, 0.4) is 0 Å². The molecule has 0 aliphatic heterocycles. The second-order valence-corrected chi connectivity index (χ2v) is 30.6. The molecule has 0 amide bonds. The molecule has 0 spiro atoms. The van der Waals surface area contributed by atoms with Gasteiger partial charge >= 0.3 is 138 Å². The third-order valence-electron chi connectivity index (χ3n) is 11.0. The first kappa shape index (κ1) is 83.2. The van der Waals surface area contributed by atoms with E-state index in [2.05, 4.69) is 242 Å². The van der Waals surface area contributed by atoms with Gasteiger partial charge < -0.3 is 11.6 Å². The van der Waals surface area contributed by atoms with E-state index in [0.717, 1.165) is 50.5 Å². The first-order valence-electron chi connectivity index (χ1n) is 25.6. The maximum absolute atomic E-state index is 13.2. The van der Waals surface area contributed by atoms with Gasteiger partial charge in [0, 0.05) is 0 Å². The average molecular weight is 1430 g/mol. The number of unbranched alkanes of at least 4 members (excludes halogenated alkanes) is 4. The van der Waals surface area contributed by atoms with Gasteiger partial charge in [0.1, 0.15) is 31.3 Å². The molecule has 8 aromatic rings. The predicted molar refractivity (Wildman–Crippen MR) is 344 cm³/mol. The molecule has 0 atom stereocenters. The molecule has 0 bridgehead atoms. The standard InChI is InChI=1S/2C18H15P.C13H14F2.C11H13BrF2.C5H10Si.CH2O3.CH4.2ClH.2K.Pd.H/c2*1-4-10-16(11-5-1)19(17-12-6-2-7-13-17)18-14-8-3-9-15-18;1-3-5-6-7-10-8-12(14)11(4-2)13(15)9-10;1-2-3-4-5-8-6-9(13)11(12)10(14)7-8;1-5-6(2,3)4;2-1-4-3;;;;;;;/h2*1-15H;2,8-9H,3,5-7H2,1H3;6-7H,2-5H2,1H3;1H,2-4H3;1,3H;1H4;2*1H;;;;/q;;;;;;;;;2*+1;+2;-1/p-3. The molecule has 3 nitrogen and oxygen atoms in total. The fourth-order valence-corrected chi connectivity index (χ4v) is 12.0. The van der Waals surface area contributed by atoms with Crippen LogP contribution in [-0.2, 0) is 38.5 Å². The van der Waals surface area contributed by atoms with Crippen molar-refractivity contribution in [1.82, 2.24) is 0 Å². The molecule has 0 fully saturated rings. The minimum atomic E-state index is -1.10. The molecular formula is C67H73BrCl2F4K2O3P2PdSi. The first-order valence-corrected chi connectivity index (χ1v) is 36.6. The Kier molecular flexibility index (Phi) is 51.1. The zero-order valence-corrected chi connectivity index (χ0v) is 61.3. The van der Waals surface area contributed by atoms with Gasteiger partial charge in [0.25, 0.3) is 6.47 Å². The SMILES string of the molecule is C.C#C[Si](C)(C)C.C#Cc1c(F)cc(CCCCC)cc1F.CCCCCc1cc(F)c(Br)c(F)c1.O=CO[O-].[Cl][Pd][Cl].[H-].[K+].[K+].c1ccc(P(c2ccccc2)c2ccccc2)cc1.c1ccc(P(c2ccccc2)c2ccccc2)cc1. The average Bonchev–Trinajstić information content (AvgIpc) is 3.50. The maximum Gasteiger partial charge on any atom is 1.00 e. The number of hydrogen-bond donors (Lipinski definition) is 0. The minimum Gasteiger partial charge on any atom is -1.00 e. The maximum atomic E-state index is 13.2. The Morgan fingerprint density at radius 3 is 0.940 bits per heavy atom. The van der Waals surface area contributed by atoms with Gasteiger partial charge in [0.2, 0.25) is 0 Å². The number of carbonyl (C=O) groups excluding carboxylic acids is 1. The van der Waals surface area contributed by atoms with E-state index in [9.17, 15) is 17.6 Å². The third kappa shape index (κ3) is 35.0. The zero-order chi connectivity index (χ0) is 59.0. The normalized spacial score (nSPS) is 9.70. The Hall–Kier alpha value is -1.90. The number of rotatable bonds is 15. The number of hydrogen-bond acceptors (Lipinski definition) is 3. The Morgan fingerprint density at radius 1 is 0.542 bits per heavy atom. The quantitative estimate of drug-likeness (QED) is 0.0118. The van der Waals surface area contributed by atoms with Crippen LogP contribution in [0.2, 0.25) is 19.6 Å². The molecule has 434 valence electrons. The Labute approximate surface area is 608 Å². The van der Waals surface area contributed by atoms with Gasteiger partial charge in [-0.05, 0) is 125 Å². The van der Waals surface area contributed by atoms with E-state index in [0.29, 0.717) is 12.0 Å². The van der Waals surface area contributed by atoms with Crippen molar-refractivity contribution in [2.24, 2.45) is 0 Å². The molecule has 8 rings (SSSR count). The Morgan fingerprint density at radius 2 is 0.759 bits per heavy atom. The van der Waals surface area contributed by atoms with Gasteiger partial charge in [0.05, 0.1) is 10.0 Å². The molecule has 8 aromatic carbocycles. The molecule has 0 N–H and O–H groups in total. The molecule has 0 aromatic heterocycles. The van der Waals surface area contributed by atoms with Crippen LogP contribution in [0.4, 0.5) is 17.6 Å². The molecule has 0 heterocycles. The largest absolute Gasteiger partial charge is 1.00 e. The number of carbonyl (C=O) groups is 1. The van der Waals surface area contributed by atoms with E-state index in [-0.39, 0.29) is 144 Å². The summed E-state index contributed by atoms with van der Waals surface area (Å²) in [7, 11) is 7.63. The van der Waals surface area contributed by atoms with Gasteiger partial charge in [-0.25, -0.2) is 17.6 Å². The fraction of sp³-hybridized carbons (Fsp3) is 0.209. The van der Waals surface area contributed by atoms with Crippen molar-refractivity contribution in [3.63, 3.8) is 0 Å². The van der Waals surface area contributed by atoms with Crippen LogP contribution in [0, 0.1) is 47.6 Å². The van der Waals surface area contributed by atoms with E-state index in [1.807, 2.05) is 5.92 Å². The van der Waals surface area contributed by atoms with E-state index >= 15 is 0 Å². The fourth-order valence-electron chi connectivity index (χ4n) is 7.18. The van der Waals surface area contributed by atoms with E-state index in [1.54, 1.807) is 0 Å². The summed E-state index contributed by atoms with van der Waals surface area (Å²) >= 11 is 2.74. The van der Waals surface area contributed by atoms with E-state index in [4.69, 9.17) is 42.0 Å². The zero-order valence-electron chi connectivity index (χ0n) is 48.6. The summed E-state index contributed by atoms with van der Waals surface area (Å²) in [5.41, 5.74) is 3.89. The van der Waals surface area contributed by atoms with Crippen LogP contribution in [-0.4, -0.2) is 14.5 Å². The van der Waals surface area contributed by atoms with Gasteiger partial charge in [-0.15, -0.1) is 18.4 Å². The molecule has 0 aliphatic rings. The number of halogens is 7. The monoisotopic (exact) mass is 1420 g/mol. The summed E-state index contributed by atoms with van der Waals surface area (Å²) in [6, 6.07) is 70.1. The van der Waals surface area contributed by atoms with Crippen LogP contribution >= 0.6 is 50.8 Å². The summed E-state index contributed by atoms with van der Waals surface area (Å²) in [6.07, 6.45) is 17.9. The van der Waals surface area contributed by atoms with Crippen molar-refractivity contribution in [3.05, 3.63) is 251 Å². The number of aryl methyl sites for hydroxylation is 2. The van der Waals surface area contributed by atoms with Crippen molar-refractivity contribution in [1.29, 1.82) is 0 Å². The molecule has 0 radical (unpaired) electrons. The molecular weight excluding hydrogens is 1350 g/mol. The van der Waals surface area contributed by atoms with Crippen LogP contribution in [0.5, 0.6) is 0 Å². The van der Waals surface area contributed by atoms with Crippen LogP contribution in [0.1, 0.15) is 77.9 Å². The molecule has 0 saturated carbocycles. The smallest absolute Gasteiger partial charge is 1.00 e.